The van der Waals surface area contributed by atoms with Gasteiger partial charge in [-0.2, -0.15) is 0 Å². The molecular weight excluding hydrogens is 573 g/mol. The third-order valence-electron chi connectivity index (χ3n) is 8.86. The van der Waals surface area contributed by atoms with Crippen LogP contribution in [-0.4, -0.2) is 75.7 Å². The fourth-order valence-electron chi connectivity index (χ4n) is 6.51. The number of amides is 4. The molecular formula is C31H40FN5O5S. The molecule has 3 fully saturated rings. The third-order valence-corrected chi connectivity index (χ3v) is 9.91. The Bertz CT molecular complexity index is 1410. The number of fused-ring (bicyclic) bond motifs is 3. The Balaban J connectivity index is 1.41. The van der Waals surface area contributed by atoms with Crippen LogP contribution in [0.4, 0.5) is 4.39 Å². The van der Waals surface area contributed by atoms with E-state index in [4.69, 9.17) is 0 Å². The number of Topliss-reactive ketones (excluding diaryl/α,β-unsaturated/α-hetero) is 1. The van der Waals surface area contributed by atoms with Crippen molar-refractivity contribution >= 4 is 51.0 Å². The third kappa shape index (κ3) is 6.30. The van der Waals surface area contributed by atoms with Crippen molar-refractivity contribution in [2.45, 2.75) is 96.6 Å². The second-order valence-electron chi connectivity index (χ2n) is 13.6. The van der Waals surface area contributed by atoms with E-state index in [0.29, 0.717) is 24.9 Å². The summed E-state index contributed by atoms with van der Waals surface area (Å²) in [5, 5.41) is 8.55. The molecule has 2 aromatic rings. The van der Waals surface area contributed by atoms with Crippen LogP contribution in [0, 0.1) is 17.3 Å². The van der Waals surface area contributed by atoms with Crippen molar-refractivity contribution in [1.29, 1.82) is 0 Å². The number of carbonyl (C=O) groups excluding carboxylic acids is 5. The van der Waals surface area contributed by atoms with Crippen LogP contribution in [0.1, 0.15) is 76.5 Å². The number of thiazole rings is 1. The number of hydrogen-bond acceptors (Lipinski definition) is 7. The van der Waals surface area contributed by atoms with Crippen molar-refractivity contribution in [3.63, 3.8) is 0 Å². The monoisotopic (exact) mass is 613 g/mol. The fraction of sp³-hybridized carbons (Fsp3) is 0.613. The van der Waals surface area contributed by atoms with Crippen molar-refractivity contribution in [1.82, 2.24) is 25.8 Å². The SMILES string of the molecule is CC(C)(F)C(=O)N[C@H](C(=O)N1[C@@H]2CC[C@@H](C2)[C@H]1C(=O)N[C@@H](C[C@@H]1CCNC1=O)C(=O)c1nc2ccccc2s1)C(C)(C)C. The number of aromatic nitrogens is 1. The second-order valence-corrected chi connectivity index (χ2v) is 14.6. The molecule has 0 unspecified atom stereocenters. The molecule has 232 valence electrons. The van der Waals surface area contributed by atoms with Gasteiger partial charge in [0.1, 0.15) is 12.1 Å². The summed E-state index contributed by atoms with van der Waals surface area (Å²) >= 11 is 1.24. The zero-order valence-electron chi connectivity index (χ0n) is 25.2. The van der Waals surface area contributed by atoms with E-state index in [1.165, 1.54) is 11.3 Å². The van der Waals surface area contributed by atoms with Gasteiger partial charge in [0.05, 0.1) is 16.3 Å². The lowest BCUT2D eigenvalue weighted by Crippen LogP contribution is -2.63. The lowest BCUT2D eigenvalue weighted by molar-refractivity contribution is -0.149. The molecule has 6 atom stereocenters. The number of para-hydroxylation sites is 1. The van der Waals surface area contributed by atoms with Crippen LogP contribution in [0.25, 0.3) is 10.2 Å². The number of benzene rings is 1. The number of piperidine rings is 1. The van der Waals surface area contributed by atoms with Gasteiger partial charge in [-0.25, -0.2) is 9.37 Å². The molecule has 1 aromatic carbocycles. The molecule has 4 amide bonds. The number of hydrogen-bond donors (Lipinski definition) is 3. The Morgan fingerprint density at radius 2 is 1.81 bits per heavy atom. The van der Waals surface area contributed by atoms with Crippen molar-refractivity contribution in [3.8, 4) is 0 Å². The molecule has 43 heavy (non-hydrogen) atoms. The molecule has 12 heteroatoms. The van der Waals surface area contributed by atoms with E-state index in [9.17, 15) is 28.4 Å². The topological polar surface area (TPSA) is 138 Å². The number of likely N-dealkylation sites (tertiary alicyclic amines) is 1. The highest BCUT2D eigenvalue weighted by Crippen LogP contribution is 2.44. The van der Waals surface area contributed by atoms with Crippen LogP contribution in [0.2, 0.25) is 0 Å². The minimum absolute atomic E-state index is 0.115. The molecule has 10 nitrogen and oxygen atoms in total. The number of nitrogens with one attached hydrogen (secondary N) is 3. The first-order valence-corrected chi connectivity index (χ1v) is 15.8. The van der Waals surface area contributed by atoms with E-state index in [2.05, 4.69) is 20.9 Å². The summed E-state index contributed by atoms with van der Waals surface area (Å²) in [6, 6.07) is 4.25. The van der Waals surface area contributed by atoms with Crippen LogP contribution < -0.4 is 16.0 Å². The van der Waals surface area contributed by atoms with Crippen LogP contribution in [0.3, 0.4) is 0 Å². The Hall–Kier alpha value is -3.41. The first-order chi connectivity index (χ1) is 20.1. The van der Waals surface area contributed by atoms with Crippen molar-refractivity contribution in [3.05, 3.63) is 29.3 Å². The number of ketones is 1. The van der Waals surface area contributed by atoms with Gasteiger partial charge in [0, 0.05) is 18.5 Å². The van der Waals surface area contributed by atoms with Crippen LogP contribution in [0.5, 0.6) is 0 Å². The molecule has 2 aliphatic heterocycles. The van der Waals surface area contributed by atoms with Gasteiger partial charge in [0.25, 0.3) is 5.91 Å². The molecule has 5 rings (SSSR count). The summed E-state index contributed by atoms with van der Waals surface area (Å²) in [7, 11) is 0. The van der Waals surface area contributed by atoms with Crippen molar-refractivity contribution < 1.29 is 28.4 Å². The summed E-state index contributed by atoms with van der Waals surface area (Å²) in [4.78, 5) is 73.1. The minimum atomic E-state index is -2.19. The molecule has 1 aromatic heterocycles. The fourth-order valence-corrected chi connectivity index (χ4v) is 7.47. The van der Waals surface area contributed by atoms with E-state index < -0.39 is 52.8 Å². The standard InChI is InChI=1S/C31H40FN5O5S/c1-30(2,3)24(36-29(42)31(4,5)32)28(41)37-18-11-10-16(14-18)22(37)26(40)34-20(15-17-12-13-33-25(17)39)23(38)27-35-19-8-6-7-9-21(19)43-27/h6-9,16-18,20,22,24H,10-15H2,1-5H3,(H,33,39)(H,34,40)(H,36,42)/t16-,17-,18+,20-,22-,24+/m0/s1. The van der Waals surface area contributed by atoms with Gasteiger partial charge < -0.3 is 20.9 Å². The first-order valence-electron chi connectivity index (χ1n) is 14.9. The average molecular weight is 614 g/mol. The van der Waals surface area contributed by atoms with Gasteiger partial charge in [0.2, 0.25) is 23.5 Å². The maximum absolute atomic E-state index is 14.5. The smallest absolute Gasteiger partial charge is 0.257 e. The molecule has 3 N–H and O–H groups in total. The lowest BCUT2D eigenvalue weighted by atomic mass is 9.84. The molecule has 1 saturated carbocycles. The maximum Gasteiger partial charge on any atom is 0.257 e. The van der Waals surface area contributed by atoms with E-state index in [1.807, 2.05) is 24.3 Å². The molecule has 3 aliphatic rings. The molecule has 0 radical (unpaired) electrons. The quantitative estimate of drug-likeness (QED) is 0.372. The highest BCUT2D eigenvalue weighted by molar-refractivity contribution is 7.20. The number of nitrogens with zero attached hydrogens (tertiary/aromatic N) is 2. The summed E-state index contributed by atoms with van der Waals surface area (Å²) in [6.45, 7) is 8.11. The Morgan fingerprint density at radius 1 is 1.09 bits per heavy atom. The largest absolute Gasteiger partial charge is 0.356 e. The van der Waals surface area contributed by atoms with Gasteiger partial charge in [-0.1, -0.05) is 32.9 Å². The lowest BCUT2D eigenvalue weighted by Gasteiger charge is -2.41. The maximum atomic E-state index is 14.5. The summed E-state index contributed by atoms with van der Waals surface area (Å²) in [5.74, 6) is -2.90. The predicted octanol–water partition coefficient (Wildman–Crippen LogP) is 3.15. The summed E-state index contributed by atoms with van der Waals surface area (Å²) < 4.78 is 15.3. The van der Waals surface area contributed by atoms with E-state index in [-0.39, 0.29) is 35.1 Å². The van der Waals surface area contributed by atoms with Gasteiger partial charge >= 0.3 is 0 Å². The Labute approximate surface area is 254 Å². The van der Waals surface area contributed by atoms with Crippen molar-refractivity contribution in [2.75, 3.05) is 6.54 Å². The highest BCUT2D eigenvalue weighted by atomic mass is 32.1. The van der Waals surface area contributed by atoms with E-state index in [0.717, 1.165) is 31.4 Å². The number of carbonyl (C=O) groups is 5. The Morgan fingerprint density at radius 3 is 2.44 bits per heavy atom. The van der Waals surface area contributed by atoms with E-state index in [1.54, 1.807) is 25.7 Å². The second kappa shape index (κ2) is 11.6. The van der Waals surface area contributed by atoms with Crippen LogP contribution in [-0.2, 0) is 19.2 Å². The predicted molar refractivity (Wildman–Crippen MR) is 160 cm³/mol. The highest BCUT2D eigenvalue weighted by Gasteiger charge is 2.54. The molecule has 1 aliphatic carbocycles. The molecule has 3 heterocycles. The molecule has 0 spiro atoms. The van der Waals surface area contributed by atoms with Gasteiger partial charge in [-0.05, 0) is 69.4 Å². The Kier molecular flexibility index (Phi) is 8.36. The van der Waals surface area contributed by atoms with Crippen molar-refractivity contribution in [2.24, 2.45) is 17.3 Å². The van der Waals surface area contributed by atoms with Crippen LogP contribution >= 0.6 is 11.3 Å². The molecule has 2 saturated heterocycles. The van der Waals surface area contributed by atoms with Gasteiger partial charge in [0.15, 0.2) is 10.7 Å². The first kappa shape index (κ1) is 31.0. The van der Waals surface area contributed by atoms with Gasteiger partial charge in [-0.3, -0.25) is 24.0 Å². The normalized spacial score (nSPS) is 25.0. The number of halogens is 1. The number of rotatable bonds is 9. The zero-order chi connectivity index (χ0) is 31.3. The summed E-state index contributed by atoms with van der Waals surface area (Å²) in [6.07, 6.45) is 2.76. The van der Waals surface area contributed by atoms with E-state index >= 15 is 0 Å². The minimum Gasteiger partial charge on any atom is -0.356 e. The summed E-state index contributed by atoms with van der Waals surface area (Å²) in [5.41, 5.74) is -2.27. The van der Waals surface area contributed by atoms with Gasteiger partial charge in [-0.15, -0.1) is 11.3 Å². The number of alkyl halides is 1. The zero-order valence-corrected chi connectivity index (χ0v) is 26.1. The average Bonchev–Trinajstić information content (AvgIpc) is 3.73. The molecule has 2 bridgehead atoms. The van der Waals surface area contributed by atoms with Crippen LogP contribution in [0.15, 0.2) is 24.3 Å².